The van der Waals surface area contributed by atoms with E-state index in [1.165, 1.54) is 4.68 Å². The summed E-state index contributed by atoms with van der Waals surface area (Å²) in [6, 6.07) is 9.69. The van der Waals surface area contributed by atoms with Gasteiger partial charge in [0, 0.05) is 49.5 Å². The van der Waals surface area contributed by atoms with Gasteiger partial charge >= 0.3 is 6.09 Å². The van der Waals surface area contributed by atoms with Crippen molar-refractivity contribution >= 4 is 49.4 Å². The minimum atomic E-state index is -2.16. The summed E-state index contributed by atoms with van der Waals surface area (Å²) in [5.41, 5.74) is 1.54. The molecule has 0 spiro atoms. The highest BCUT2D eigenvalue weighted by Crippen LogP contribution is 2.47. The van der Waals surface area contributed by atoms with Crippen LogP contribution in [0.1, 0.15) is 72.4 Å². The molecule has 0 saturated heterocycles. The zero-order valence-corrected chi connectivity index (χ0v) is 31.9. The predicted molar refractivity (Wildman–Crippen MR) is 193 cm³/mol. The maximum atomic E-state index is 13.6. The number of ether oxygens (including phenoxy) is 1. The number of likely N-dealkylation sites (N-methyl/N-ethyl adjacent to an activating group) is 1. The molecule has 3 aromatic rings. The van der Waals surface area contributed by atoms with Crippen molar-refractivity contribution in [2.24, 2.45) is 0 Å². The van der Waals surface area contributed by atoms with Crippen LogP contribution < -0.4 is 10.2 Å². The lowest BCUT2D eigenvalue weighted by Gasteiger charge is -2.39. The van der Waals surface area contributed by atoms with Crippen LogP contribution in [0.25, 0.3) is 11.3 Å². The topological polar surface area (TPSA) is 138 Å². The molecular formula is C35H47ClN8O4Si. The summed E-state index contributed by atoms with van der Waals surface area (Å²) in [7, 11) is -0.364. The van der Waals surface area contributed by atoms with Gasteiger partial charge in [-0.3, -0.25) is 9.69 Å². The average molecular weight is 707 g/mol. The highest BCUT2D eigenvalue weighted by Gasteiger charge is 2.47. The van der Waals surface area contributed by atoms with E-state index in [9.17, 15) is 14.9 Å². The molecule has 0 radical (unpaired) electrons. The van der Waals surface area contributed by atoms with Crippen molar-refractivity contribution in [1.82, 2.24) is 24.6 Å². The molecule has 2 aliphatic rings. The van der Waals surface area contributed by atoms with Gasteiger partial charge in [-0.25, -0.2) is 19.4 Å². The van der Waals surface area contributed by atoms with Gasteiger partial charge in [0.1, 0.15) is 24.0 Å². The van der Waals surface area contributed by atoms with Gasteiger partial charge in [-0.2, -0.15) is 10.4 Å². The van der Waals surface area contributed by atoms with Crippen molar-refractivity contribution in [3.05, 3.63) is 46.7 Å². The molecule has 49 heavy (non-hydrogen) atoms. The standard InChI is InChI=1S/C35H47ClN8O4Si/c1-33(2,3)48-32(46)43-20-35(7,21-47-49(9,10)34(4,5)6)25-16-22(15-23(18-37)30(25)43)26-13-14-38-31(39-26)40-28-17-27(36)41-44(28)19-29(45)42(8)24-11-12-24/h13-17,24H,11-12,19-21H2,1-10H3,(H,38,39,40)/t35-/m1/s1. The Bertz CT molecular complexity index is 1800. The summed E-state index contributed by atoms with van der Waals surface area (Å²) < 4.78 is 14.0. The van der Waals surface area contributed by atoms with Gasteiger partial charge in [0.25, 0.3) is 0 Å². The Morgan fingerprint density at radius 1 is 1.18 bits per heavy atom. The van der Waals surface area contributed by atoms with Gasteiger partial charge in [0.05, 0.1) is 16.9 Å². The number of nitrogens with one attached hydrogen (secondary N) is 1. The van der Waals surface area contributed by atoms with Crippen LogP contribution in [0.5, 0.6) is 0 Å². The second kappa shape index (κ2) is 13.0. The van der Waals surface area contributed by atoms with Crippen LogP contribution in [0, 0.1) is 11.3 Å². The van der Waals surface area contributed by atoms with Gasteiger partial charge in [-0.05, 0) is 75.5 Å². The first kappa shape index (κ1) is 36.3. The second-order valence-corrected chi connectivity index (χ2v) is 21.0. The zero-order chi connectivity index (χ0) is 36.1. The van der Waals surface area contributed by atoms with Gasteiger partial charge in [0.15, 0.2) is 13.5 Å². The Morgan fingerprint density at radius 3 is 2.49 bits per heavy atom. The fourth-order valence-electron chi connectivity index (χ4n) is 5.49. The van der Waals surface area contributed by atoms with Crippen LogP contribution in [0.4, 0.5) is 22.2 Å². The molecule has 3 heterocycles. The summed E-state index contributed by atoms with van der Waals surface area (Å²) in [6.07, 6.45) is 3.11. The van der Waals surface area contributed by atoms with Crippen LogP contribution in [0.15, 0.2) is 30.5 Å². The number of hydrogen-bond acceptors (Lipinski definition) is 9. The molecular weight excluding hydrogens is 660 g/mol. The molecule has 12 nitrogen and oxygen atoms in total. The number of rotatable bonds is 9. The van der Waals surface area contributed by atoms with Crippen molar-refractivity contribution in [1.29, 1.82) is 5.26 Å². The van der Waals surface area contributed by atoms with E-state index in [1.54, 1.807) is 41.2 Å². The highest BCUT2D eigenvalue weighted by atomic mass is 35.5. The van der Waals surface area contributed by atoms with E-state index in [0.29, 0.717) is 41.5 Å². The third-order valence-electron chi connectivity index (χ3n) is 9.54. The number of benzene rings is 1. The first-order valence-corrected chi connectivity index (χ1v) is 19.8. The highest BCUT2D eigenvalue weighted by molar-refractivity contribution is 6.74. The van der Waals surface area contributed by atoms with Crippen LogP contribution in [-0.2, 0) is 25.9 Å². The normalized spacial score (nSPS) is 17.8. The molecule has 2 amide bonds. The summed E-state index contributed by atoms with van der Waals surface area (Å²) in [5, 5.41) is 18.1. The SMILES string of the molecule is CN(C(=O)Cn1nc(Cl)cc1Nc1nccc(-c2cc(C#N)c3c(c2)[C@@](C)(CO[Si](C)(C)C(C)(C)C)CN3C(=O)OC(C)(C)C)n1)C1CC1. The van der Waals surface area contributed by atoms with E-state index in [4.69, 9.17) is 25.7 Å². The predicted octanol–water partition coefficient (Wildman–Crippen LogP) is 7.26. The Hall–Kier alpha value is -3.99. The number of carbonyl (C=O) groups excluding carboxylic acids is 2. The Morgan fingerprint density at radius 2 is 1.88 bits per heavy atom. The number of halogens is 1. The summed E-state index contributed by atoms with van der Waals surface area (Å²) in [5.74, 6) is 0.662. The summed E-state index contributed by atoms with van der Waals surface area (Å²) >= 11 is 6.25. The Balaban J connectivity index is 1.50. The smallest absolute Gasteiger partial charge is 0.414 e. The summed E-state index contributed by atoms with van der Waals surface area (Å²) in [4.78, 5) is 38.9. The van der Waals surface area contributed by atoms with Gasteiger partial charge in [-0.15, -0.1) is 0 Å². The van der Waals surface area contributed by atoms with Crippen molar-refractivity contribution in [2.45, 2.75) is 103 Å². The second-order valence-electron chi connectivity index (χ2n) is 15.8. The molecule has 0 unspecified atom stereocenters. The molecule has 5 rings (SSSR count). The number of aromatic nitrogens is 4. The van der Waals surface area contributed by atoms with Crippen LogP contribution >= 0.6 is 11.6 Å². The van der Waals surface area contributed by atoms with E-state index in [0.717, 1.165) is 18.4 Å². The third-order valence-corrected chi connectivity index (χ3v) is 14.2. The molecule has 1 aromatic carbocycles. The van der Waals surface area contributed by atoms with E-state index in [2.05, 4.69) is 62.3 Å². The lowest BCUT2D eigenvalue weighted by molar-refractivity contribution is -0.131. The largest absolute Gasteiger partial charge is 0.443 e. The quantitative estimate of drug-likeness (QED) is 0.228. The minimum Gasteiger partial charge on any atom is -0.443 e. The molecule has 1 N–H and O–H groups in total. The van der Waals surface area contributed by atoms with Crippen molar-refractivity contribution in [2.75, 3.05) is 30.4 Å². The molecule has 1 aliphatic heterocycles. The van der Waals surface area contributed by atoms with E-state index in [-0.39, 0.29) is 34.6 Å². The van der Waals surface area contributed by atoms with E-state index < -0.39 is 25.4 Å². The van der Waals surface area contributed by atoms with Crippen molar-refractivity contribution in [3.8, 4) is 17.3 Å². The number of nitriles is 1. The lowest BCUT2D eigenvalue weighted by atomic mass is 9.83. The number of carbonyl (C=O) groups is 2. The maximum absolute atomic E-state index is 13.6. The number of nitrogens with zero attached hydrogens (tertiary/aromatic N) is 7. The minimum absolute atomic E-state index is 0.0142. The van der Waals surface area contributed by atoms with E-state index in [1.807, 2.05) is 26.8 Å². The van der Waals surface area contributed by atoms with Crippen LogP contribution in [0.3, 0.4) is 0 Å². The van der Waals surface area contributed by atoms with Gasteiger partial charge in [-0.1, -0.05) is 39.3 Å². The van der Waals surface area contributed by atoms with Gasteiger partial charge in [0.2, 0.25) is 11.9 Å². The van der Waals surface area contributed by atoms with Crippen LogP contribution in [0.2, 0.25) is 23.3 Å². The first-order chi connectivity index (χ1) is 22.7. The number of amides is 2. The Kier molecular flexibility index (Phi) is 9.66. The zero-order valence-electron chi connectivity index (χ0n) is 30.1. The molecule has 1 saturated carbocycles. The molecule has 0 bridgehead atoms. The fraction of sp³-hybridized carbons (Fsp3) is 0.543. The van der Waals surface area contributed by atoms with Crippen LogP contribution in [-0.4, -0.2) is 76.8 Å². The molecule has 1 atom stereocenters. The van der Waals surface area contributed by atoms with E-state index >= 15 is 0 Å². The monoisotopic (exact) mass is 706 g/mol. The maximum Gasteiger partial charge on any atom is 0.414 e. The van der Waals surface area contributed by atoms with Crippen molar-refractivity contribution in [3.63, 3.8) is 0 Å². The number of hydrogen-bond donors (Lipinski definition) is 1. The molecule has 1 fully saturated rings. The third kappa shape index (κ3) is 7.92. The number of anilines is 3. The molecule has 262 valence electrons. The summed E-state index contributed by atoms with van der Waals surface area (Å²) in [6.45, 7) is 19.2. The Labute approximate surface area is 294 Å². The molecule has 14 heteroatoms. The fourth-order valence-corrected chi connectivity index (χ4v) is 6.80. The average Bonchev–Trinajstić information content (AvgIpc) is 3.74. The number of fused-ring (bicyclic) bond motifs is 1. The molecule has 2 aromatic heterocycles. The molecule has 1 aliphatic carbocycles. The van der Waals surface area contributed by atoms with Gasteiger partial charge < -0.3 is 19.4 Å². The lowest BCUT2D eigenvalue weighted by Crippen LogP contribution is -2.46. The van der Waals surface area contributed by atoms with Crippen molar-refractivity contribution < 1.29 is 18.8 Å². The first-order valence-electron chi connectivity index (χ1n) is 16.5.